The van der Waals surface area contributed by atoms with Gasteiger partial charge in [0.15, 0.2) is 0 Å². The molecule has 0 bridgehead atoms. The third-order valence-corrected chi connectivity index (χ3v) is 4.25. The molecule has 1 fully saturated rings. The second-order valence-electron chi connectivity index (χ2n) is 5.88. The fraction of sp³-hybridized carbons (Fsp3) is 0.500. The van der Waals surface area contributed by atoms with Crippen LogP contribution in [-0.2, 0) is 11.3 Å². The van der Waals surface area contributed by atoms with Crippen LogP contribution in [0, 0.1) is 5.41 Å². The van der Waals surface area contributed by atoms with Crippen molar-refractivity contribution >= 4 is 10.9 Å². The largest absolute Gasteiger partial charge is 0.381 e. The minimum Gasteiger partial charge on any atom is -0.381 e. The molecule has 0 unspecified atom stereocenters. The lowest BCUT2D eigenvalue weighted by Crippen LogP contribution is -2.36. The number of rotatable bonds is 4. The quantitative estimate of drug-likeness (QED) is 0.884. The van der Waals surface area contributed by atoms with Gasteiger partial charge in [-0.1, -0.05) is 19.1 Å². The van der Waals surface area contributed by atoms with Crippen LogP contribution in [0.1, 0.15) is 25.3 Å². The first-order valence-corrected chi connectivity index (χ1v) is 7.10. The molecular formula is C16H22N2O. The predicted octanol–water partition coefficient (Wildman–Crippen LogP) is 3.07. The van der Waals surface area contributed by atoms with Crippen LogP contribution in [0.3, 0.4) is 0 Å². The van der Waals surface area contributed by atoms with Gasteiger partial charge in [-0.25, -0.2) is 0 Å². The molecule has 2 N–H and O–H groups in total. The zero-order valence-electron chi connectivity index (χ0n) is 11.5. The van der Waals surface area contributed by atoms with Gasteiger partial charge in [-0.2, -0.15) is 0 Å². The van der Waals surface area contributed by atoms with Crippen LogP contribution in [0.5, 0.6) is 0 Å². The second kappa shape index (κ2) is 5.35. The van der Waals surface area contributed by atoms with E-state index in [2.05, 4.69) is 41.5 Å². The molecule has 1 aromatic carbocycles. The first kappa shape index (κ1) is 12.7. The number of ether oxygens (including phenoxy) is 1. The van der Waals surface area contributed by atoms with Gasteiger partial charge < -0.3 is 15.0 Å². The van der Waals surface area contributed by atoms with E-state index in [1.807, 2.05) is 6.20 Å². The molecule has 0 spiro atoms. The molecule has 1 aromatic heterocycles. The molecule has 0 atom stereocenters. The Bertz CT molecular complexity index is 540. The summed E-state index contributed by atoms with van der Waals surface area (Å²) in [6.45, 7) is 6.18. The molecule has 1 saturated heterocycles. The Morgan fingerprint density at radius 3 is 2.95 bits per heavy atom. The van der Waals surface area contributed by atoms with Crippen LogP contribution in [0.15, 0.2) is 30.5 Å². The summed E-state index contributed by atoms with van der Waals surface area (Å²) in [5.74, 6) is 0. The van der Waals surface area contributed by atoms with Crippen LogP contribution in [-0.4, -0.2) is 24.7 Å². The Morgan fingerprint density at radius 2 is 2.11 bits per heavy atom. The van der Waals surface area contributed by atoms with E-state index >= 15 is 0 Å². The predicted molar refractivity (Wildman–Crippen MR) is 78.2 cm³/mol. The van der Waals surface area contributed by atoms with Crippen molar-refractivity contribution in [3.05, 3.63) is 36.0 Å². The Morgan fingerprint density at radius 1 is 1.26 bits per heavy atom. The molecule has 0 amide bonds. The van der Waals surface area contributed by atoms with Crippen LogP contribution in [0.2, 0.25) is 0 Å². The summed E-state index contributed by atoms with van der Waals surface area (Å²) in [4.78, 5) is 3.26. The molecule has 2 aromatic rings. The van der Waals surface area contributed by atoms with Gasteiger partial charge in [-0.3, -0.25) is 0 Å². The van der Waals surface area contributed by atoms with E-state index in [0.717, 1.165) is 39.1 Å². The molecule has 3 heteroatoms. The lowest BCUT2D eigenvalue weighted by atomic mass is 9.82. The minimum atomic E-state index is 0.393. The average Bonchev–Trinajstić information content (AvgIpc) is 2.88. The summed E-state index contributed by atoms with van der Waals surface area (Å²) in [5.41, 5.74) is 2.98. The Balaban J connectivity index is 1.61. The summed E-state index contributed by atoms with van der Waals surface area (Å²) in [5, 5.41) is 4.95. The summed E-state index contributed by atoms with van der Waals surface area (Å²) >= 11 is 0. The lowest BCUT2D eigenvalue weighted by molar-refractivity contribution is 0.0240. The van der Waals surface area contributed by atoms with Gasteiger partial charge >= 0.3 is 0 Å². The van der Waals surface area contributed by atoms with Crippen molar-refractivity contribution in [2.45, 2.75) is 26.3 Å². The molecular weight excluding hydrogens is 236 g/mol. The van der Waals surface area contributed by atoms with E-state index in [1.165, 1.54) is 16.5 Å². The normalized spacial score (nSPS) is 18.8. The molecule has 1 aliphatic rings. The van der Waals surface area contributed by atoms with Gasteiger partial charge in [0.1, 0.15) is 0 Å². The van der Waals surface area contributed by atoms with Crippen molar-refractivity contribution < 1.29 is 4.74 Å². The van der Waals surface area contributed by atoms with Crippen LogP contribution < -0.4 is 5.32 Å². The van der Waals surface area contributed by atoms with Crippen molar-refractivity contribution in [1.82, 2.24) is 10.3 Å². The minimum absolute atomic E-state index is 0.393. The summed E-state index contributed by atoms with van der Waals surface area (Å²) in [6.07, 6.45) is 4.33. The molecule has 0 saturated carbocycles. The first-order valence-electron chi connectivity index (χ1n) is 7.10. The summed E-state index contributed by atoms with van der Waals surface area (Å²) in [7, 11) is 0. The standard InChI is InChI=1S/C16H22N2O/c1-16(6-9-19-10-7-16)12-17-11-13-3-2-4-15-14(13)5-8-18-15/h2-5,8,17-18H,6-7,9-12H2,1H3. The van der Waals surface area contributed by atoms with Crippen molar-refractivity contribution in [2.24, 2.45) is 5.41 Å². The lowest BCUT2D eigenvalue weighted by Gasteiger charge is -2.33. The number of aromatic amines is 1. The molecule has 0 aliphatic carbocycles. The van der Waals surface area contributed by atoms with Crippen molar-refractivity contribution in [2.75, 3.05) is 19.8 Å². The van der Waals surface area contributed by atoms with Crippen LogP contribution in [0.25, 0.3) is 10.9 Å². The smallest absolute Gasteiger partial charge is 0.0471 e. The first-order chi connectivity index (χ1) is 9.27. The maximum Gasteiger partial charge on any atom is 0.0471 e. The number of aromatic nitrogens is 1. The average molecular weight is 258 g/mol. The van der Waals surface area contributed by atoms with E-state index in [-0.39, 0.29) is 0 Å². The van der Waals surface area contributed by atoms with Gasteiger partial charge in [0.05, 0.1) is 0 Å². The molecule has 2 heterocycles. The molecule has 19 heavy (non-hydrogen) atoms. The van der Waals surface area contributed by atoms with E-state index in [9.17, 15) is 0 Å². The Kier molecular flexibility index (Phi) is 3.58. The zero-order valence-corrected chi connectivity index (χ0v) is 11.5. The topological polar surface area (TPSA) is 37.0 Å². The third kappa shape index (κ3) is 2.82. The highest BCUT2D eigenvalue weighted by atomic mass is 16.5. The van der Waals surface area contributed by atoms with Crippen molar-refractivity contribution in [3.8, 4) is 0 Å². The van der Waals surface area contributed by atoms with Crippen LogP contribution in [0.4, 0.5) is 0 Å². The molecule has 3 rings (SSSR count). The highest BCUT2D eigenvalue weighted by Crippen LogP contribution is 2.28. The molecule has 0 radical (unpaired) electrons. The summed E-state index contributed by atoms with van der Waals surface area (Å²) < 4.78 is 5.44. The number of benzene rings is 1. The Hall–Kier alpha value is -1.32. The number of fused-ring (bicyclic) bond motifs is 1. The zero-order chi connectivity index (χ0) is 13.1. The number of hydrogen-bond acceptors (Lipinski definition) is 2. The highest BCUT2D eigenvalue weighted by molar-refractivity contribution is 5.82. The fourth-order valence-corrected chi connectivity index (χ4v) is 2.84. The van der Waals surface area contributed by atoms with Gasteiger partial charge in [-0.05, 0) is 36.0 Å². The number of nitrogens with one attached hydrogen (secondary N) is 2. The fourth-order valence-electron chi connectivity index (χ4n) is 2.84. The SMILES string of the molecule is CC1(CNCc2cccc3[nH]ccc23)CCOCC1. The second-order valence-corrected chi connectivity index (χ2v) is 5.88. The van der Waals surface area contributed by atoms with Crippen molar-refractivity contribution in [1.29, 1.82) is 0 Å². The van der Waals surface area contributed by atoms with E-state index in [0.29, 0.717) is 5.41 Å². The third-order valence-electron chi connectivity index (χ3n) is 4.25. The molecule has 102 valence electrons. The molecule has 3 nitrogen and oxygen atoms in total. The number of H-pyrrole nitrogens is 1. The van der Waals surface area contributed by atoms with Crippen LogP contribution >= 0.6 is 0 Å². The maximum absolute atomic E-state index is 5.44. The number of hydrogen-bond donors (Lipinski definition) is 2. The summed E-state index contributed by atoms with van der Waals surface area (Å²) in [6, 6.07) is 8.60. The van der Waals surface area contributed by atoms with E-state index in [4.69, 9.17) is 4.74 Å². The molecule has 1 aliphatic heterocycles. The van der Waals surface area contributed by atoms with E-state index < -0.39 is 0 Å². The van der Waals surface area contributed by atoms with Gasteiger partial charge in [0.25, 0.3) is 0 Å². The maximum atomic E-state index is 5.44. The van der Waals surface area contributed by atoms with E-state index in [1.54, 1.807) is 0 Å². The highest BCUT2D eigenvalue weighted by Gasteiger charge is 2.26. The van der Waals surface area contributed by atoms with Crippen molar-refractivity contribution in [3.63, 3.8) is 0 Å². The van der Waals surface area contributed by atoms with Gasteiger partial charge in [-0.15, -0.1) is 0 Å². The Labute approximate surface area is 114 Å². The monoisotopic (exact) mass is 258 g/mol. The van der Waals surface area contributed by atoms with Gasteiger partial charge in [0, 0.05) is 43.4 Å². The van der Waals surface area contributed by atoms with Gasteiger partial charge in [0.2, 0.25) is 0 Å².